The fraction of sp³-hybridized carbons (Fsp3) is 0.333. The molecule has 1 fully saturated rings. The SMILES string of the molecule is O=Nc1ccc(NC(=O)[C@H]2CC=C[C@H]3CCN(Cc4ccccc4)C(=O)[C@@H]23)cc1C(F)(F)F. The number of fused-ring (bicyclic) bond motifs is 1. The number of nitrogens with one attached hydrogen (secondary N) is 1. The van der Waals surface area contributed by atoms with E-state index >= 15 is 0 Å². The Morgan fingerprint density at radius 1 is 1.15 bits per heavy atom. The van der Waals surface area contributed by atoms with E-state index in [1.807, 2.05) is 42.5 Å². The molecular formula is C24H22F3N3O3. The number of allylic oxidation sites excluding steroid dienone is 2. The molecule has 9 heteroatoms. The lowest BCUT2D eigenvalue weighted by Crippen LogP contribution is -2.50. The van der Waals surface area contributed by atoms with Gasteiger partial charge in [0.2, 0.25) is 11.8 Å². The predicted octanol–water partition coefficient (Wildman–Crippen LogP) is 5.28. The van der Waals surface area contributed by atoms with Gasteiger partial charge in [0.1, 0.15) is 5.69 Å². The van der Waals surface area contributed by atoms with Crippen molar-refractivity contribution in [2.24, 2.45) is 22.9 Å². The largest absolute Gasteiger partial charge is 0.418 e. The van der Waals surface area contributed by atoms with Crippen molar-refractivity contribution in [2.75, 3.05) is 11.9 Å². The summed E-state index contributed by atoms with van der Waals surface area (Å²) in [6.45, 7) is 1.01. The Labute approximate surface area is 188 Å². The van der Waals surface area contributed by atoms with Gasteiger partial charge in [-0.05, 0) is 47.7 Å². The Kier molecular flexibility index (Phi) is 6.31. The monoisotopic (exact) mass is 457 g/mol. The molecule has 172 valence electrons. The van der Waals surface area contributed by atoms with Crippen molar-refractivity contribution >= 4 is 23.2 Å². The molecule has 2 aliphatic rings. The van der Waals surface area contributed by atoms with Crippen molar-refractivity contribution < 1.29 is 22.8 Å². The molecule has 2 aromatic rings. The minimum absolute atomic E-state index is 0.0959. The van der Waals surface area contributed by atoms with E-state index in [-0.39, 0.29) is 17.5 Å². The van der Waals surface area contributed by atoms with Gasteiger partial charge in [0.25, 0.3) is 0 Å². The average Bonchev–Trinajstić information content (AvgIpc) is 2.80. The summed E-state index contributed by atoms with van der Waals surface area (Å²) >= 11 is 0. The van der Waals surface area contributed by atoms with Crippen molar-refractivity contribution in [3.05, 3.63) is 76.7 Å². The maximum absolute atomic E-state index is 13.3. The van der Waals surface area contributed by atoms with Crippen LogP contribution in [0.5, 0.6) is 0 Å². The Bertz CT molecular complexity index is 1090. The molecule has 0 spiro atoms. The van der Waals surface area contributed by atoms with Gasteiger partial charge in [0.05, 0.1) is 17.4 Å². The molecule has 1 aliphatic carbocycles. The third kappa shape index (κ3) is 4.81. The van der Waals surface area contributed by atoms with E-state index in [2.05, 4.69) is 10.5 Å². The van der Waals surface area contributed by atoms with E-state index in [1.54, 1.807) is 4.90 Å². The second kappa shape index (κ2) is 9.17. The van der Waals surface area contributed by atoms with E-state index in [4.69, 9.17) is 0 Å². The Morgan fingerprint density at radius 2 is 1.91 bits per heavy atom. The molecular weight excluding hydrogens is 435 g/mol. The third-order valence-electron chi connectivity index (χ3n) is 6.22. The van der Waals surface area contributed by atoms with Crippen molar-refractivity contribution in [3.8, 4) is 0 Å². The molecule has 1 heterocycles. The lowest BCUT2D eigenvalue weighted by Gasteiger charge is -2.41. The second-order valence-corrected chi connectivity index (χ2v) is 8.30. The minimum atomic E-state index is -4.79. The number of nitroso groups, excluding NO2 is 1. The van der Waals surface area contributed by atoms with Crippen LogP contribution in [0.1, 0.15) is 24.0 Å². The van der Waals surface area contributed by atoms with Gasteiger partial charge in [-0.2, -0.15) is 13.2 Å². The molecule has 1 N–H and O–H groups in total. The van der Waals surface area contributed by atoms with E-state index in [1.165, 1.54) is 6.07 Å². The molecule has 1 saturated heterocycles. The quantitative estimate of drug-likeness (QED) is 0.490. The predicted molar refractivity (Wildman–Crippen MR) is 116 cm³/mol. The molecule has 6 nitrogen and oxygen atoms in total. The summed E-state index contributed by atoms with van der Waals surface area (Å²) in [6.07, 6.45) is 0.0456. The van der Waals surface area contributed by atoms with Gasteiger partial charge in [-0.3, -0.25) is 9.59 Å². The summed E-state index contributed by atoms with van der Waals surface area (Å²) in [5, 5.41) is 4.92. The summed E-state index contributed by atoms with van der Waals surface area (Å²) < 4.78 is 39.7. The number of hydrogen-bond donors (Lipinski definition) is 1. The smallest absolute Gasteiger partial charge is 0.338 e. The van der Waals surface area contributed by atoms with Gasteiger partial charge < -0.3 is 10.2 Å². The summed E-state index contributed by atoms with van der Waals surface area (Å²) in [7, 11) is 0. The minimum Gasteiger partial charge on any atom is -0.338 e. The maximum Gasteiger partial charge on any atom is 0.418 e. The van der Waals surface area contributed by atoms with E-state index in [0.29, 0.717) is 32.0 Å². The number of carbonyl (C=O) groups excluding carboxylic acids is 2. The number of carbonyl (C=O) groups is 2. The summed E-state index contributed by atoms with van der Waals surface area (Å²) in [4.78, 5) is 38.8. The first-order chi connectivity index (χ1) is 15.8. The standard InChI is InChI=1S/C24H22F3N3O3/c25-24(26,27)19-13-17(9-10-20(19)29-33)28-22(31)18-8-4-7-16-11-12-30(23(32)21(16)18)14-15-5-2-1-3-6-15/h1-7,9-10,13,16,18,21H,8,11-12,14H2,(H,28,31)/t16-,18-,21+/m0/s1. The Balaban J connectivity index is 1.53. The third-order valence-corrected chi connectivity index (χ3v) is 6.22. The highest BCUT2D eigenvalue weighted by atomic mass is 19.4. The Morgan fingerprint density at radius 3 is 2.61 bits per heavy atom. The van der Waals surface area contributed by atoms with Crippen LogP contribution >= 0.6 is 0 Å². The van der Waals surface area contributed by atoms with Crippen LogP contribution in [0.4, 0.5) is 24.5 Å². The van der Waals surface area contributed by atoms with Crippen LogP contribution in [-0.2, 0) is 22.3 Å². The molecule has 0 saturated carbocycles. The normalized spacial score (nSPS) is 22.6. The number of hydrogen-bond acceptors (Lipinski definition) is 4. The van der Waals surface area contributed by atoms with E-state index in [9.17, 15) is 27.7 Å². The van der Waals surface area contributed by atoms with E-state index < -0.39 is 35.2 Å². The van der Waals surface area contributed by atoms with E-state index in [0.717, 1.165) is 11.6 Å². The molecule has 4 rings (SSSR count). The molecule has 0 unspecified atom stereocenters. The summed E-state index contributed by atoms with van der Waals surface area (Å²) in [6, 6.07) is 12.4. The molecule has 33 heavy (non-hydrogen) atoms. The molecule has 1 aliphatic heterocycles. The van der Waals surface area contributed by atoms with Crippen molar-refractivity contribution in [1.82, 2.24) is 4.90 Å². The number of amides is 2. The zero-order valence-electron chi connectivity index (χ0n) is 17.6. The molecule has 0 radical (unpaired) electrons. The first kappa shape index (κ1) is 22.7. The van der Waals surface area contributed by atoms with Crippen LogP contribution < -0.4 is 5.32 Å². The average molecular weight is 457 g/mol. The Hall–Kier alpha value is -3.49. The second-order valence-electron chi connectivity index (χ2n) is 8.30. The van der Waals surface area contributed by atoms with Crippen LogP contribution in [0.15, 0.2) is 65.9 Å². The van der Waals surface area contributed by atoms with Gasteiger partial charge in [-0.25, -0.2) is 0 Å². The maximum atomic E-state index is 13.3. The number of likely N-dealkylation sites (tertiary alicyclic amines) is 1. The molecule has 2 amide bonds. The van der Waals surface area contributed by atoms with Crippen LogP contribution in [0.2, 0.25) is 0 Å². The molecule has 2 aromatic carbocycles. The number of piperidine rings is 1. The zero-order valence-corrected chi connectivity index (χ0v) is 17.6. The number of rotatable bonds is 5. The first-order valence-corrected chi connectivity index (χ1v) is 10.6. The van der Waals surface area contributed by atoms with Crippen LogP contribution in [-0.4, -0.2) is 23.3 Å². The summed E-state index contributed by atoms with van der Waals surface area (Å²) in [5.74, 6) is -2.03. The fourth-order valence-corrected chi connectivity index (χ4v) is 4.61. The number of anilines is 1. The van der Waals surface area contributed by atoms with Crippen molar-refractivity contribution in [2.45, 2.75) is 25.6 Å². The fourth-order valence-electron chi connectivity index (χ4n) is 4.61. The van der Waals surface area contributed by atoms with Gasteiger partial charge in [-0.15, -0.1) is 4.91 Å². The van der Waals surface area contributed by atoms with Gasteiger partial charge in [0, 0.05) is 18.8 Å². The summed E-state index contributed by atoms with van der Waals surface area (Å²) in [5.41, 5.74) is -1.09. The topological polar surface area (TPSA) is 78.8 Å². The van der Waals surface area contributed by atoms with Crippen molar-refractivity contribution in [3.63, 3.8) is 0 Å². The molecule has 0 aromatic heterocycles. The lowest BCUT2D eigenvalue weighted by molar-refractivity contribution is -0.147. The number of alkyl halides is 3. The lowest BCUT2D eigenvalue weighted by atomic mass is 9.71. The van der Waals surface area contributed by atoms with Crippen LogP contribution in [0.3, 0.4) is 0 Å². The molecule has 3 atom stereocenters. The van der Waals surface area contributed by atoms with Crippen LogP contribution in [0.25, 0.3) is 0 Å². The van der Waals surface area contributed by atoms with Gasteiger partial charge >= 0.3 is 6.18 Å². The zero-order chi connectivity index (χ0) is 23.6. The number of halogens is 3. The highest BCUT2D eigenvalue weighted by molar-refractivity contribution is 5.97. The highest BCUT2D eigenvalue weighted by Crippen LogP contribution is 2.40. The number of benzene rings is 2. The van der Waals surface area contributed by atoms with Gasteiger partial charge in [0.15, 0.2) is 0 Å². The molecule has 0 bridgehead atoms. The number of nitrogens with zero attached hydrogens (tertiary/aromatic N) is 2. The van der Waals surface area contributed by atoms with Gasteiger partial charge in [-0.1, -0.05) is 42.5 Å². The highest BCUT2D eigenvalue weighted by Gasteiger charge is 2.44. The first-order valence-electron chi connectivity index (χ1n) is 10.6. The van der Waals surface area contributed by atoms with Crippen LogP contribution in [0, 0.1) is 22.7 Å². The van der Waals surface area contributed by atoms with Crippen molar-refractivity contribution in [1.29, 1.82) is 0 Å².